The number of likely N-dealkylation sites (tertiary alicyclic amines) is 1. The summed E-state index contributed by atoms with van der Waals surface area (Å²) in [6.07, 6.45) is 2.20. The normalized spacial score (nSPS) is 21.7. The molecule has 2 nitrogen and oxygen atoms in total. The lowest BCUT2D eigenvalue weighted by Crippen LogP contribution is -2.36. The van der Waals surface area contributed by atoms with E-state index < -0.39 is 0 Å². The fraction of sp³-hybridized carbons (Fsp3) is 0.538. The predicted octanol–water partition coefficient (Wildman–Crippen LogP) is 2.79. The summed E-state index contributed by atoms with van der Waals surface area (Å²) in [7, 11) is 0. The van der Waals surface area contributed by atoms with Gasteiger partial charge in [0.05, 0.1) is 4.47 Å². The number of nitrogens with zero attached hydrogens (tertiary/aromatic N) is 1. The quantitative estimate of drug-likeness (QED) is 0.928. The van der Waals surface area contributed by atoms with Crippen molar-refractivity contribution in [2.24, 2.45) is 5.92 Å². The molecule has 1 N–H and O–H groups in total. The van der Waals surface area contributed by atoms with E-state index in [0.29, 0.717) is 10.4 Å². The lowest BCUT2D eigenvalue weighted by molar-refractivity contribution is 0.115. The van der Waals surface area contributed by atoms with Crippen molar-refractivity contribution in [3.05, 3.63) is 34.1 Å². The van der Waals surface area contributed by atoms with Crippen molar-refractivity contribution in [2.45, 2.75) is 19.4 Å². The average Bonchev–Trinajstić information content (AvgIpc) is 2.35. The van der Waals surface area contributed by atoms with Crippen molar-refractivity contribution in [3.63, 3.8) is 0 Å². The molecule has 1 aromatic carbocycles. The van der Waals surface area contributed by atoms with Crippen LogP contribution < -0.4 is 0 Å². The maximum atomic E-state index is 13.4. The van der Waals surface area contributed by atoms with Gasteiger partial charge in [-0.15, -0.1) is 0 Å². The van der Waals surface area contributed by atoms with Crippen LogP contribution in [0.4, 0.5) is 4.39 Å². The SMILES string of the molecule is OCC1CCCN(Cc2cccc(F)c2Br)C1. The molecular formula is C13H17BrFNO. The van der Waals surface area contributed by atoms with Gasteiger partial charge in [-0.2, -0.15) is 0 Å². The smallest absolute Gasteiger partial charge is 0.137 e. The highest BCUT2D eigenvalue weighted by Gasteiger charge is 2.20. The Labute approximate surface area is 110 Å². The number of hydrogen-bond acceptors (Lipinski definition) is 2. The monoisotopic (exact) mass is 301 g/mol. The van der Waals surface area contributed by atoms with Crippen molar-refractivity contribution in [1.82, 2.24) is 4.90 Å². The number of aliphatic hydroxyl groups is 1. The number of rotatable bonds is 3. The van der Waals surface area contributed by atoms with Gasteiger partial charge in [0.15, 0.2) is 0 Å². The molecule has 0 aliphatic carbocycles. The molecule has 1 atom stereocenters. The minimum absolute atomic E-state index is 0.210. The number of benzene rings is 1. The average molecular weight is 302 g/mol. The van der Waals surface area contributed by atoms with Crippen LogP contribution in [0.2, 0.25) is 0 Å². The first-order chi connectivity index (χ1) is 8.20. The molecule has 0 amide bonds. The molecule has 1 saturated heterocycles. The summed E-state index contributed by atoms with van der Waals surface area (Å²) in [4.78, 5) is 2.28. The summed E-state index contributed by atoms with van der Waals surface area (Å²) in [5.74, 6) is 0.161. The fourth-order valence-corrected chi connectivity index (χ4v) is 2.75. The Hall–Kier alpha value is -0.450. The van der Waals surface area contributed by atoms with Gasteiger partial charge in [0.2, 0.25) is 0 Å². The minimum Gasteiger partial charge on any atom is -0.396 e. The lowest BCUT2D eigenvalue weighted by Gasteiger charge is -2.32. The molecule has 0 spiro atoms. The number of hydrogen-bond donors (Lipinski definition) is 1. The van der Waals surface area contributed by atoms with E-state index in [1.807, 2.05) is 6.07 Å². The van der Waals surface area contributed by atoms with E-state index in [1.54, 1.807) is 6.07 Å². The van der Waals surface area contributed by atoms with Crippen LogP contribution in [0.15, 0.2) is 22.7 Å². The zero-order valence-electron chi connectivity index (χ0n) is 9.70. The summed E-state index contributed by atoms with van der Waals surface area (Å²) in [5, 5.41) is 9.18. The highest BCUT2D eigenvalue weighted by atomic mass is 79.9. The van der Waals surface area contributed by atoms with E-state index >= 15 is 0 Å². The molecular weight excluding hydrogens is 285 g/mol. The molecule has 0 saturated carbocycles. The maximum absolute atomic E-state index is 13.4. The molecule has 0 aromatic heterocycles. The van der Waals surface area contributed by atoms with Gasteiger partial charge in [0, 0.05) is 19.7 Å². The van der Waals surface area contributed by atoms with Crippen LogP contribution >= 0.6 is 15.9 Å². The van der Waals surface area contributed by atoms with Gasteiger partial charge < -0.3 is 5.11 Å². The molecule has 1 fully saturated rings. The van der Waals surface area contributed by atoms with Gasteiger partial charge >= 0.3 is 0 Å². The molecule has 1 aliphatic rings. The Bertz CT molecular complexity index is 386. The van der Waals surface area contributed by atoms with Crippen LogP contribution in [0.3, 0.4) is 0 Å². The molecule has 0 radical (unpaired) electrons. The molecule has 2 rings (SSSR count). The zero-order valence-corrected chi connectivity index (χ0v) is 11.3. The van der Waals surface area contributed by atoms with E-state index in [2.05, 4.69) is 20.8 Å². The van der Waals surface area contributed by atoms with Gasteiger partial charge in [-0.25, -0.2) is 4.39 Å². The molecule has 17 heavy (non-hydrogen) atoms. The summed E-state index contributed by atoms with van der Waals surface area (Å²) in [6, 6.07) is 5.14. The lowest BCUT2D eigenvalue weighted by atomic mass is 9.98. The second-order valence-electron chi connectivity index (χ2n) is 4.64. The number of piperidine rings is 1. The third-order valence-corrected chi connectivity index (χ3v) is 4.17. The van der Waals surface area contributed by atoms with Gasteiger partial charge in [-0.1, -0.05) is 12.1 Å². The largest absolute Gasteiger partial charge is 0.396 e. The molecule has 1 aromatic rings. The standard InChI is InChI=1S/C13H17BrFNO/c14-13-11(4-1-5-12(13)15)8-16-6-2-3-10(7-16)9-17/h1,4-5,10,17H,2-3,6-9H2. The summed E-state index contributed by atoms with van der Waals surface area (Å²) in [6.45, 7) is 2.93. The minimum atomic E-state index is -0.210. The first-order valence-electron chi connectivity index (χ1n) is 5.97. The Kier molecular flexibility index (Phi) is 4.54. The van der Waals surface area contributed by atoms with E-state index in [1.165, 1.54) is 6.07 Å². The Morgan fingerprint density at radius 3 is 3.06 bits per heavy atom. The maximum Gasteiger partial charge on any atom is 0.137 e. The van der Waals surface area contributed by atoms with Crippen LogP contribution in [0, 0.1) is 11.7 Å². The Morgan fingerprint density at radius 2 is 2.29 bits per heavy atom. The third-order valence-electron chi connectivity index (χ3n) is 3.29. The van der Waals surface area contributed by atoms with Gasteiger partial charge in [0.25, 0.3) is 0 Å². The van der Waals surface area contributed by atoms with Gasteiger partial charge in [0.1, 0.15) is 5.82 Å². The summed E-state index contributed by atoms with van der Waals surface area (Å²) >= 11 is 3.29. The molecule has 0 bridgehead atoms. The molecule has 4 heteroatoms. The first kappa shape index (κ1) is 13.0. The second kappa shape index (κ2) is 5.94. The second-order valence-corrected chi connectivity index (χ2v) is 5.43. The Morgan fingerprint density at radius 1 is 1.47 bits per heavy atom. The van der Waals surface area contributed by atoms with Crippen molar-refractivity contribution in [3.8, 4) is 0 Å². The topological polar surface area (TPSA) is 23.5 Å². The number of aliphatic hydroxyl groups excluding tert-OH is 1. The number of halogens is 2. The predicted molar refractivity (Wildman–Crippen MR) is 69.2 cm³/mol. The van der Waals surface area contributed by atoms with Crippen LogP contribution in [-0.2, 0) is 6.54 Å². The highest BCUT2D eigenvalue weighted by molar-refractivity contribution is 9.10. The first-order valence-corrected chi connectivity index (χ1v) is 6.76. The van der Waals surface area contributed by atoms with Crippen molar-refractivity contribution in [1.29, 1.82) is 0 Å². The summed E-state index contributed by atoms with van der Waals surface area (Å²) < 4.78 is 13.9. The van der Waals surface area contributed by atoms with E-state index in [-0.39, 0.29) is 12.4 Å². The van der Waals surface area contributed by atoms with Crippen LogP contribution in [0.5, 0.6) is 0 Å². The van der Waals surface area contributed by atoms with Crippen LogP contribution in [-0.4, -0.2) is 29.7 Å². The van der Waals surface area contributed by atoms with Crippen molar-refractivity contribution >= 4 is 15.9 Å². The van der Waals surface area contributed by atoms with Crippen molar-refractivity contribution in [2.75, 3.05) is 19.7 Å². The zero-order chi connectivity index (χ0) is 12.3. The van der Waals surface area contributed by atoms with Gasteiger partial charge in [-0.05, 0) is 52.9 Å². The van der Waals surface area contributed by atoms with Crippen LogP contribution in [0.1, 0.15) is 18.4 Å². The summed E-state index contributed by atoms with van der Waals surface area (Å²) in [5.41, 5.74) is 0.976. The molecule has 1 unspecified atom stereocenters. The van der Waals surface area contributed by atoms with Crippen LogP contribution in [0.25, 0.3) is 0 Å². The third kappa shape index (κ3) is 3.27. The van der Waals surface area contributed by atoms with Crippen molar-refractivity contribution < 1.29 is 9.50 Å². The highest BCUT2D eigenvalue weighted by Crippen LogP contribution is 2.24. The van der Waals surface area contributed by atoms with E-state index in [9.17, 15) is 9.50 Å². The molecule has 94 valence electrons. The molecule has 1 aliphatic heterocycles. The van der Waals surface area contributed by atoms with E-state index in [4.69, 9.17) is 0 Å². The fourth-order valence-electron chi connectivity index (χ4n) is 2.36. The molecule has 1 heterocycles. The van der Waals surface area contributed by atoms with Gasteiger partial charge in [-0.3, -0.25) is 4.90 Å². The Balaban J connectivity index is 2.02. The van der Waals surface area contributed by atoms with E-state index in [0.717, 1.165) is 38.0 Å².